The predicted molar refractivity (Wildman–Crippen MR) is 125 cm³/mol. The summed E-state index contributed by atoms with van der Waals surface area (Å²) >= 11 is 12.4. The second kappa shape index (κ2) is 9.73. The van der Waals surface area contributed by atoms with Crippen LogP contribution in [0.4, 0.5) is 5.69 Å². The average Bonchev–Trinajstić information content (AvgIpc) is 2.71. The molecule has 0 aromatic heterocycles. The summed E-state index contributed by atoms with van der Waals surface area (Å²) in [5, 5.41) is 0.668. The van der Waals surface area contributed by atoms with E-state index in [4.69, 9.17) is 32.1 Å². The third kappa shape index (κ3) is 5.79. The second-order valence-corrected chi connectivity index (χ2v) is 9.19. The molecule has 0 heterocycles. The van der Waals surface area contributed by atoms with E-state index in [1.165, 1.54) is 12.1 Å². The molecule has 3 aromatic carbocycles. The van der Waals surface area contributed by atoms with Gasteiger partial charge in [-0.05, 0) is 68.3 Å². The Morgan fingerprint density at radius 3 is 2.39 bits per heavy atom. The van der Waals surface area contributed by atoms with Crippen molar-refractivity contribution < 1.29 is 17.3 Å². The lowest BCUT2D eigenvalue weighted by atomic mass is 10.2. The highest BCUT2D eigenvalue weighted by atomic mass is 35.5. The van der Waals surface area contributed by atoms with Crippen molar-refractivity contribution >= 4 is 45.2 Å². The first-order valence-corrected chi connectivity index (χ1v) is 11.6. The molecule has 162 valence electrons. The normalized spacial score (nSPS) is 11.6. The maximum absolute atomic E-state index is 12.7. The SMILES string of the molecule is CCOc1cc(C=Nc2cc(Cl)ccc2C)cc(Cl)c1OS(=O)(=O)c1ccc(C)cc1. The number of hydrogen-bond donors (Lipinski definition) is 0. The van der Waals surface area contributed by atoms with E-state index in [1.807, 2.05) is 19.9 Å². The summed E-state index contributed by atoms with van der Waals surface area (Å²) in [4.78, 5) is 4.48. The fraction of sp³-hybridized carbons (Fsp3) is 0.174. The Labute approximate surface area is 192 Å². The van der Waals surface area contributed by atoms with Crippen molar-refractivity contribution in [3.8, 4) is 11.5 Å². The Morgan fingerprint density at radius 1 is 1.00 bits per heavy atom. The minimum Gasteiger partial charge on any atom is -0.490 e. The van der Waals surface area contributed by atoms with Crippen LogP contribution in [-0.4, -0.2) is 21.2 Å². The molecule has 31 heavy (non-hydrogen) atoms. The number of aliphatic imine (C=N–C) groups is 1. The zero-order valence-corrected chi connectivity index (χ0v) is 19.6. The van der Waals surface area contributed by atoms with Gasteiger partial charge in [0, 0.05) is 11.2 Å². The highest BCUT2D eigenvalue weighted by Crippen LogP contribution is 2.38. The lowest BCUT2D eigenvalue weighted by Gasteiger charge is -2.14. The lowest BCUT2D eigenvalue weighted by Crippen LogP contribution is -2.11. The van der Waals surface area contributed by atoms with Gasteiger partial charge in [-0.25, -0.2) is 0 Å². The van der Waals surface area contributed by atoms with Crippen LogP contribution < -0.4 is 8.92 Å². The van der Waals surface area contributed by atoms with E-state index in [0.29, 0.717) is 22.9 Å². The molecule has 0 saturated heterocycles. The largest absolute Gasteiger partial charge is 0.490 e. The zero-order chi connectivity index (χ0) is 22.6. The van der Waals surface area contributed by atoms with Gasteiger partial charge in [-0.15, -0.1) is 0 Å². The quantitative estimate of drug-likeness (QED) is 0.286. The molecule has 0 aliphatic carbocycles. The van der Waals surface area contributed by atoms with Gasteiger partial charge in [-0.2, -0.15) is 8.42 Å². The molecule has 8 heteroatoms. The molecular weight excluding hydrogens is 457 g/mol. The number of aryl methyl sites for hydroxylation is 2. The van der Waals surface area contributed by atoms with Crippen molar-refractivity contribution in [1.82, 2.24) is 0 Å². The monoisotopic (exact) mass is 477 g/mol. The zero-order valence-electron chi connectivity index (χ0n) is 17.2. The fourth-order valence-corrected chi connectivity index (χ4v) is 4.16. The molecule has 5 nitrogen and oxygen atoms in total. The van der Waals surface area contributed by atoms with E-state index in [1.54, 1.807) is 49.5 Å². The molecule has 0 saturated carbocycles. The van der Waals surface area contributed by atoms with Gasteiger partial charge in [-0.3, -0.25) is 4.99 Å². The summed E-state index contributed by atoms with van der Waals surface area (Å²) in [7, 11) is -4.08. The molecule has 0 amide bonds. The maximum Gasteiger partial charge on any atom is 0.339 e. The van der Waals surface area contributed by atoms with Crippen LogP contribution in [0.25, 0.3) is 0 Å². The summed E-state index contributed by atoms with van der Waals surface area (Å²) in [6.45, 7) is 5.87. The molecule has 0 unspecified atom stereocenters. The Bertz CT molecular complexity index is 1220. The summed E-state index contributed by atoms with van der Waals surface area (Å²) in [5.74, 6) is 0.134. The van der Waals surface area contributed by atoms with Crippen molar-refractivity contribution in [2.45, 2.75) is 25.7 Å². The van der Waals surface area contributed by atoms with Gasteiger partial charge < -0.3 is 8.92 Å². The smallest absolute Gasteiger partial charge is 0.339 e. The molecule has 0 radical (unpaired) electrons. The van der Waals surface area contributed by atoms with Crippen LogP contribution in [-0.2, 0) is 10.1 Å². The molecule has 0 spiro atoms. The number of ether oxygens (including phenoxy) is 1. The summed E-state index contributed by atoms with van der Waals surface area (Å²) in [5.41, 5.74) is 3.23. The van der Waals surface area contributed by atoms with E-state index in [2.05, 4.69) is 4.99 Å². The van der Waals surface area contributed by atoms with Crippen LogP contribution in [0.3, 0.4) is 0 Å². The standard InChI is InChI=1S/C23H21Cl2NO4S/c1-4-29-22-12-17(14-26-21-13-18(24)8-7-16(21)3)11-20(25)23(22)30-31(27,28)19-9-5-15(2)6-10-19/h5-14H,4H2,1-3H3. The fourth-order valence-electron chi connectivity index (χ4n) is 2.73. The number of nitrogens with zero attached hydrogens (tertiary/aromatic N) is 1. The summed E-state index contributed by atoms with van der Waals surface area (Å²) in [6.07, 6.45) is 1.60. The summed E-state index contributed by atoms with van der Waals surface area (Å²) in [6, 6.07) is 15.0. The first kappa shape index (κ1) is 23.1. The number of rotatable bonds is 7. The van der Waals surface area contributed by atoms with Gasteiger partial charge in [0.2, 0.25) is 5.75 Å². The highest BCUT2D eigenvalue weighted by molar-refractivity contribution is 7.87. The Kier molecular flexibility index (Phi) is 7.26. The maximum atomic E-state index is 12.7. The topological polar surface area (TPSA) is 65.0 Å². The molecule has 0 aliphatic rings. The van der Waals surface area contributed by atoms with E-state index < -0.39 is 10.1 Å². The number of halogens is 2. The predicted octanol–water partition coefficient (Wildman–Crippen LogP) is 6.53. The van der Waals surface area contributed by atoms with Gasteiger partial charge in [-0.1, -0.05) is 47.0 Å². The van der Waals surface area contributed by atoms with Crippen LogP contribution in [0.1, 0.15) is 23.6 Å². The molecular formula is C23H21Cl2NO4S. The van der Waals surface area contributed by atoms with Gasteiger partial charge in [0.15, 0.2) is 5.75 Å². The van der Waals surface area contributed by atoms with Gasteiger partial charge in [0.1, 0.15) is 4.90 Å². The van der Waals surface area contributed by atoms with Crippen LogP contribution in [0.15, 0.2) is 64.5 Å². The van der Waals surface area contributed by atoms with Crippen molar-refractivity contribution in [3.05, 3.63) is 81.3 Å². The van der Waals surface area contributed by atoms with E-state index in [-0.39, 0.29) is 21.4 Å². The molecule has 0 N–H and O–H groups in total. The average molecular weight is 478 g/mol. The van der Waals surface area contributed by atoms with Crippen LogP contribution in [0.2, 0.25) is 10.0 Å². The van der Waals surface area contributed by atoms with Crippen LogP contribution >= 0.6 is 23.2 Å². The Hall–Kier alpha value is -2.54. The van der Waals surface area contributed by atoms with E-state index in [9.17, 15) is 8.42 Å². The number of benzene rings is 3. The van der Waals surface area contributed by atoms with E-state index >= 15 is 0 Å². The minimum absolute atomic E-state index is 0.0266. The molecule has 3 rings (SSSR count). The second-order valence-electron chi connectivity index (χ2n) is 6.80. The van der Waals surface area contributed by atoms with Crippen LogP contribution in [0.5, 0.6) is 11.5 Å². The van der Waals surface area contributed by atoms with Gasteiger partial charge in [0.25, 0.3) is 0 Å². The first-order chi connectivity index (χ1) is 14.7. The van der Waals surface area contributed by atoms with Crippen molar-refractivity contribution in [2.75, 3.05) is 6.61 Å². The highest BCUT2D eigenvalue weighted by Gasteiger charge is 2.22. The third-order valence-corrected chi connectivity index (χ3v) is 6.11. The van der Waals surface area contributed by atoms with E-state index in [0.717, 1.165) is 11.1 Å². The van der Waals surface area contributed by atoms with Crippen molar-refractivity contribution in [1.29, 1.82) is 0 Å². The van der Waals surface area contributed by atoms with Crippen LogP contribution in [0, 0.1) is 13.8 Å². The minimum atomic E-state index is -4.08. The van der Waals surface area contributed by atoms with Gasteiger partial charge >= 0.3 is 10.1 Å². The van der Waals surface area contributed by atoms with Crippen molar-refractivity contribution in [2.24, 2.45) is 4.99 Å². The molecule has 0 fully saturated rings. The molecule has 0 bridgehead atoms. The first-order valence-electron chi connectivity index (χ1n) is 9.47. The molecule has 3 aromatic rings. The molecule has 0 aliphatic heterocycles. The Morgan fingerprint density at radius 2 is 1.71 bits per heavy atom. The summed E-state index contributed by atoms with van der Waals surface area (Å²) < 4.78 is 36.4. The third-order valence-electron chi connectivity index (χ3n) is 4.36. The Balaban J connectivity index is 1.96. The molecule has 0 atom stereocenters. The van der Waals surface area contributed by atoms with Gasteiger partial charge in [0.05, 0.1) is 17.3 Å². The lowest BCUT2D eigenvalue weighted by molar-refractivity contribution is 0.327. The number of hydrogen-bond acceptors (Lipinski definition) is 5. The van der Waals surface area contributed by atoms with Crippen molar-refractivity contribution in [3.63, 3.8) is 0 Å².